The second-order valence-electron chi connectivity index (χ2n) is 5.64. The average Bonchev–Trinajstić information content (AvgIpc) is 2.59. The zero-order valence-electron chi connectivity index (χ0n) is 13.5. The maximum Gasteiger partial charge on any atom is 0.328 e. The molecule has 0 aliphatic carbocycles. The van der Waals surface area contributed by atoms with Gasteiger partial charge >= 0.3 is 5.69 Å². The maximum absolute atomic E-state index is 13.3. The molecule has 3 rings (SSSR count). The van der Waals surface area contributed by atoms with Gasteiger partial charge in [-0.1, -0.05) is 23.7 Å². The van der Waals surface area contributed by atoms with Crippen LogP contribution < -0.4 is 11.2 Å². The van der Waals surface area contributed by atoms with E-state index >= 15 is 0 Å². The van der Waals surface area contributed by atoms with Crippen LogP contribution in [0, 0.1) is 5.82 Å². The number of ether oxygens (including phenoxy) is 1. The fourth-order valence-electron chi connectivity index (χ4n) is 2.77. The molecule has 1 atom stereocenters. The number of fused-ring (bicyclic) bond motifs is 1. The Bertz CT molecular complexity index is 1010. The first-order chi connectivity index (χ1) is 12.0. The summed E-state index contributed by atoms with van der Waals surface area (Å²) in [6, 6.07) is 10.9. The highest BCUT2D eigenvalue weighted by Crippen LogP contribution is 2.22. The molecule has 0 spiro atoms. The van der Waals surface area contributed by atoms with Gasteiger partial charge in [0.15, 0.2) is 0 Å². The van der Waals surface area contributed by atoms with E-state index in [0.29, 0.717) is 11.4 Å². The number of hydrogen-bond acceptors (Lipinski definition) is 3. The van der Waals surface area contributed by atoms with Crippen molar-refractivity contribution in [2.75, 3.05) is 7.11 Å². The van der Waals surface area contributed by atoms with Crippen molar-refractivity contribution in [2.45, 2.75) is 19.1 Å². The van der Waals surface area contributed by atoms with Crippen LogP contribution in [-0.4, -0.2) is 16.7 Å². The minimum Gasteiger partial charge on any atom is -0.377 e. The van der Waals surface area contributed by atoms with Gasteiger partial charge in [-0.25, -0.2) is 9.18 Å². The number of hydrogen-bond donors (Lipinski definition) is 1. The Labute approximate surface area is 147 Å². The lowest BCUT2D eigenvalue weighted by Gasteiger charge is -2.16. The van der Waals surface area contributed by atoms with Crippen LogP contribution in [0.15, 0.2) is 52.1 Å². The standard InChI is InChI=1S/C18H16ClFN2O3/c1-25-16(11-2-4-12(19)5-3-11)8-9-22-17(23)14-7-6-13(20)10-15(14)21-18(22)24/h2-7,10,16H,8-9H2,1H3,(H,21,24). The van der Waals surface area contributed by atoms with Crippen molar-refractivity contribution in [2.24, 2.45) is 0 Å². The lowest BCUT2D eigenvalue weighted by atomic mass is 10.1. The van der Waals surface area contributed by atoms with Crippen LogP contribution in [0.1, 0.15) is 18.1 Å². The summed E-state index contributed by atoms with van der Waals surface area (Å²) in [5.74, 6) is -0.512. The normalized spacial score (nSPS) is 12.4. The summed E-state index contributed by atoms with van der Waals surface area (Å²) in [6.07, 6.45) is 0.140. The third-order valence-corrected chi connectivity index (χ3v) is 4.34. The monoisotopic (exact) mass is 362 g/mol. The molecule has 1 unspecified atom stereocenters. The fourth-order valence-corrected chi connectivity index (χ4v) is 2.90. The van der Waals surface area contributed by atoms with Crippen molar-refractivity contribution in [3.05, 3.63) is 79.7 Å². The van der Waals surface area contributed by atoms with Crippen molar-refractivity contribution < 1.29 is 9.13 Å². The minimum atomic E-state index is -0.575. The van der Waals surface area contributed by atoms with Crippen molar-refractivity contribution in [3.8, 4) is 0 Å². The molecule has 130 valence electrons. The molecule has 0 saturated carbocycles. The molecular formula is C18H16ClFN2O3. The first-order valence-corrected chi connectivity index (χ1v) is 8.08. The summed E-state index contributed by atoms with van der Waals surface area (Å²) in [7, 11) is 1.56. The molecule has 25 heavy (non-hydrogen) atoms. The van der Waals surface area contributed by atoms with Crippen molar-refractivity contribution in [1.82, 2.24) is 9.55 Å². The number of aromatic amines is 1. The van der Waals surface area contributed by atoms with Gasteiger partial charge in [-0.3, -0.25) is 9.36 Å². The number of nitrogens with one attached hydrogen (secondary N) is 1. The van der Waals surface area contributed by atoms with E-state index in [0.717, 1.165) is 16.2 Å². The number of aromatic nitrogens is 2. The van der Waals surface area contributed by atoms with Gasteiger partial charge in [0.1, 0.15) is 5.82 Å². The molecule has 5 nitrogen and oxygen atoms in total. The summed E-state index contributed by atoms with van der Waals surface area (Å²) in [6.45, 7) is 0.169. The largest absolute Gasteiger partial charge is 0.377 e. The molecule has 0 aliphatic rings. The molecular weight excluding hydrogens is 347 g/mol. The van der Waals surface area contributed by atoms with Crippen LogP contribution in [0.2, 0.25) is 5.02 Å². The number of rotatable bonds is 5. The predicted molar refractivity (Wildman–Crippen MR) is 94.6 cm³/mol. The van der Waals surface area contributed by atoms with Crippen molar-refractivity contribution in [1.29, 1.82) is 0 Å². The Morgan fingerprint density at radius 3 is 2.60 bits per heavy atom. The number of H-pyrrole nitrogens is 1. The molecule has 3 aromatic rings. The lowest BCUT2D eigenvalue weighted by molar-refractivity contribution is 0.0910. The van der Waals surface area contributed by atoms with E-state index in [1.54, 1.807) is 19.2 Å². The molecule has 0 aliphatic heterocycles. The summed E-state index contributed by atoms with van der Waals surface area (Å²) in [5.41, 5.74) is 0.0604. The van der Waals surface area contributed by atoms with Crippen LogP contribution in [-0.2, 0) is 11.3 Å². The fraction of sp³-hybridized carbons (Fsp3) is 0.222. The molecule has 0 fully saturated rings. The van der Waals surface area contributed by atoms with Crippen molar-refractivity contribution in [3.63, 3.8) is 0 Å². The van der Waals surface area contributed by atoms with E-state index in [9.17, 15) is 14.0 Å². The molecule has 7 heteroatoms. The Balaban J connectivity index is 1.89. The summed E-state index contributed by atoms with van der Waals surface area (Å²) in [5, 5.41) is 0.884. The molecule has 0 saturated heterocycles. The Morgan fingerprint density at radius 2 is 1.92 bits per heavy atom. The molecule has 0 amide bonds. The molecule has 1 heterocycles. The van der Waals surface area contributed by atoms with Gasteiger partial charge < -0.3 is 9.72 Å². The molecule has 2 aromatic carbocycles. The number of halogens is 2. The van der Waals surface area contributed by atoms with Gasteiger partial charge in [-0.05, 0) is 42.3 Å². The van der Waals surface area contributed by atoms with Gasteiger partial charge in [0.25, 0.3) is 5.56 Å². The quantitative estimate of drug-likeness (QED) is 0.757. The van der Waals surface area contributed by atoms with E-state index in [1.165, 1.54) is 12.1 Å². The van der Waals surface area contributed by atoms with Crippen LogP contribution in [0.3, 0.4) is 0 Å². The van der Waals surface area contributed by atoms with E-state index in [2.05, 4.69) is 4.98 Å². The van der Waals surface area contributed by atoms with E-state index < -0.39 is 17.1 Å². The Morgan fingerprint density at radius 1 is 1.20 bits per heavy atom. The van der Waals surface area contributed by atoms with Gasteiger partial charge in [-0.2, -0.15) is 0 Å². The van der Waals surface area contributed by atoms with Gasteiger partial charge in [0, 0.05) is 18.7 Å². The molecule has 1 N–H and O–H groups in total. The highest BCUT2D eigenvalue weighted by molar-refractivity contribution is 6.30. The maximum atomic E-state index is 13.3. The number of nitrogens with zero attached hydrogens (tertiary/aromatic N) is 1. The average molecular weight is 363 g/mol. The zero-order valence-corrected chi connectivity index (χ0v) is 14.2. The smallest absolute Gasteiger partial charge is 0.328 e. The molecule has 1 aromatic heterocycles. The van der Waals surface area contributed by atoms with Gasteiger partial charge in [-0.15, -0.1) is 0 Å². The Hall–Kier alpha value is -2.44. The van der Waals surface area contributed by atoms with Crippen LogP contribution in [0.4, 0.5) is 4.39 Å². The van der Waals surface area contributed by atoms with Crippen LogP contribution >= 0.6 is 11.6 Å². The van der Waals surface area contributed by atoms with Gasteiger partial charge in [0.05, 0.1) is 17.0 Å². The minimum absolute atomic E-state index is 0.169. The summed E-state index contributed by atoms with van der Waals surface area (Å²) < 4.78 is 19.8. The third-order valence-electron chi connectivity index (χ3n) is 4.09. The first-order valence-electron chi connectivity index (χ1n) is 7.70. The molecule has 0 bridgehead atoms. The predicted octanol–water partition coefficient (Wildman–Crippen LogP) is 3.26. The topological polar surface area (TPSA) is 64.1 Å². The zero-order chi connectivity index (χ0) is 18.0. The highest BCUT2D eigenvalue weighted by Gasteiger charge is 2.14. The molecule has 0 radical (unpaired) electrons. The summed E-state index contributed by atoms with van der Waals surface area (Å²) in [4.78, 5) is 27.2. The number of methoxy groups -OCH3 is 1. The number of benzene rings is 2. The lowest BCUT2D eigenvalue weighted by Crippen LogP contribution is -2.35. The van der Waals surface area contributed by atoms with Crippen molar-refractivity contribution >= 4 is 22.5 Å². The van der Waals surface area contributed by atoms with Gasteiger partial charge in [0.2, 0.25) is 0 Å². The van der Waals surface area contributed by atoms with E-state index in [1.807, 2.05) is 12.1 Å². The van der Waals surface area contributed by atoms with E-state index in [-0.39, 0.29) is 23.6 Å². The Kier molecular flexibility index (Phi) is 5.01. The summed E-state index contributed by atoms with van der Waals surface area (Å²) >= 11 is 5.88. The van der Waals surface area contributed by atoms with E-state index in [4.69, 9.17) is 16.3 Å². The highest BCUT2D eigenvalue weighted by atomic mass is 35.5. The second kappa shape index (κ2) is 7.21. The SMILES string of the molecule is COC(CCn1c(=O)[nH]c2cc(F)ccc2c1=O)c1ccc(Cl)cc1. The van der Waals surface area contributed by atoms with Crippen LogP contribution in [0.5, 0.6) is 0 Å². The third kappa shape index (κ3) is 3.65. The first kappa shape index (κ1) is 17.4. The van der Waals surface area contributed by atoms with Crippen LogP contribution in [0.25, 0.3) is 10.9 Å². The second-order valence-corrected chi connectivity index (χ2v) is 6.08.